The lowest BCUT2D eigenvalue weighted by molar-refractivity contribution is -0.179. The Kier molecular flexibility index (Phi) is 8.03. The first-order valence-electron chi connectivity index (χ1n) is 9.05. The van der Waals surface area contributed by atoms with Crippen LogP contribution in [0, 0.1) is 0 Å². The summed E-state index contributed by atoms with van der Waals surface area (Å²) in [4.78, 5) is 38.0. The lowest BCUT2D eigenvalue weighted by Crippen LogP contribution is -2.60. The van der Waals surface area contributed by atoms with Gasteiger partial charge in [-0.15, -0.1) is 0 Å². The zero-order valence-corrected chi connectivity index (χ0v) is 16.9. The minimum absolute atomic E-state index is 0.0105. The highest BCUT2D eigenvalue weighted by Gasteiger charge is 2.52. The van der Waals surface area contributed by atoms with Gasteiger partial charge in [0.1, 0.15) is 5.75 Å². The molecule has 0 spiro atoms. The van der Waals surface area contributed by atoms with Crippen molar-refractivity contribution >= 4 is 29.4 Å². The molecule has 8 heteroatoms. The lowest BCUT2D eigenvalue weighted by atomic mass is 10.0. The Morgan fingerprint density at radius 3 is 1.97 bits per heavy atom. The third-order valence-electron chi connectivity index (χ3n) is 3.85. The van der Waals surface area contributed by atoms with E-state index < -0.39 is 30.0 Å². The van der Waals surface area contributed by atoms with Gasteiger partial charge in [0.15, 0.2) is 0 Å². The van der Waals surface area contributed by atoms with E-state index in [0.717, 1.165) is 0 Å². The topological polar surface area (TPSA) is 90.9 Å². The Morgan fingerprint density at radius 2 is 1.45 bits per heavy atom. The largest absolute Gasteiger partial charge is 0.463 e. The molecule has 0 saturated carbocycles. The van der Waals surface area contributed by atoms with Crippen LogP contribution in [0.25, 0.3) is 0 Å². The Labute approximate surface area is 173 Å². The van der Waals surface area contributed by atoms with Crippen molar-refractivity contribution in [3.05, 3.63) is 65.2 Å². The molecule has 0 radical (unpaired) electrons. The zero-order chi connectivity index (χ0) is 21.3. The third kappa shape index (κ3) is 5.71. The van der Waals surface area contributed by atoms with Gasteiger partial charge in [-0.05, 0) is 50.2 Å². The monoisotopic (exact) mass is 419 g/mol. The number of carbonyl (C=O) groups is 3. The predicted molar refractivity (Wildman–Crippen MR) is 107 cm³/mol. The molecule has 0 heterocycles. The number of nitrogens with one attached hydrogen (secondary N) is 1. The van der Waals surface area contributed by atoms with Crippen molar-refractivity contribution < 1.29 is 28.6 Å². The molecule has 29 heavy (non-hydrogen) atoms. The molecule has 0 bridgehead atoms. The maximum atomic E-state index is 12.8. The molecule has 1 amide bonds. The lowest BCUT2D eigenvalue weighted by Gasteiger charge is -2.30. The number of halogens is 1. The fourth-order valence-corrected chi connectivity index (χ4v) is 2.57. The zero-order valence-electron chi connectivity index (χ0n) is 16.1. The summed E-state index contributed by atoms with van der Waals surface area (Å²) in [5.74, 6) is -2.24. The first-order valence-corrected chi connectivity index (χ1v) is 9.43. The van der Waals surface area contributed by atoms with Gasteiger partial charge in [-0.3, -0.25) is 4.79 Å². The summed E-state index contributed by atoms with van der Waals surface area (Å²) in [6.45, 7) is 2.73. The molecule has 2 aromatic rings. The molecule has 0 aromatic heterocycles. The number of hydrogen-bond donors (Lipinski definition) is 1. The number of carbonyl (C=O) groups excluding carboxylic acids is 3. The molecule has 0 aliphatic rings. The highest BCUT2D eigenvalue weighted by Crippen LogP contribution is 2.24. The SMILES string of the molecule is CCOC(=O)C(CNC(=O)c1ccccc1)(Oc1ccc(Cl)cc1)C(=O)OCC. The molecular weight excluding hydrogens is 398 g/mol. The quantitative estimate of drug-likeness (QED) is 0.496. The van der Waals surface area contributed by atoms with E-state index in [9.17, 15) is 14.4 Å². The van der Waals surface area contributed by atoms with Crippen LogP contribution < -0.4 is 10.1 Å². The number of esters is 2. The molecule has 1 N–H and O–H groups in total. The van der Waals surface area contributed by atoms with Crippen LogP contribution in [0.3, 0.4) is 0 Å². The number of amides is 1. The van der Waals surface area contributed by atoms with Gasteiger partial charge in [0.2, 0.25) is 0 Å². The first-order chi connectivity index (χ1) is 13.9. The van der Waals surface area contributed by atoms with E-state index in [-0.39, 0.29) is 19.0 Å². The van der Waals surface area contributed by atoms with E-state index in [2.05, 4.69) is 5.32 Å². The molecule has 0 saturated heterocycles. The van der Waals surface area contributed by atoms with Gasteiger partial charge in [-0.25, -0.2) is 9.59 Å². The standard InChI is InChI=1S/C21H22ClNO6/c1-3-27-19(25)21(20(26)28-4-2,29-17-12-10-16(22)11-13-17)14-23-18(24)15-8-6-5-7-9-15/h5-13H,3-4,14H2,1-2H3,(H,23,24). The van der Waals surface area contributed by atoms with E-state index in [4.69, 9.17) is 25.8 Å². The average Bonchev–Trinajstić information content (AvgIpc) is 2.73. The molecule has 2 rings (SSSR count). The summed E-state index contributed by atoms with van der Waals surface area (Å²) in [7, 11) is 0. The van der Waals surface area contributed by atoms with Gasteiger partial charge in [0.25, 0.3) is 5.91 Å². The van der Waals surface area contributed by atoms with Crippen LogP contribution >= 0.6 is 11.6 Å². The van der Waals surface area contributed by atoms with E-state index in [1.807, 2.05) is 0 Å². The fraction of sp³-hybridized carbons (Fsp3) is 0.286. The van der Waals surface area contributed by atoms with E-state index in [1.165, 1.54) is 12.1 Å². The number of benzene rings is 2. The summed E-state index contributed by atoms with van der Waals surface area (Å²) in [6, 6.07) is 14.4. The molecule has 7 nitrogen and oxygen atoms in total. The smallest absolute Gasteiger partial charge is 0.364 e. The number of ether oxygens (including phenoxy) is 3. The minimum atomic E-state index is -2.22. The van der Waals surface area contributed by atoms with E-state index in [1.54, 1.807) is 56.3 Å². The van der Waals surface area contributed by atoms with Crippen molar-refractivity contribution in [1.82, 2.24) is 5.32 Å². The summed E-state index contributed by atoms with van der Waals surface area (Å²) >= 11 is 5.88. The van der Waals surface area contributed by atoms with Gasteiger partial charge in [-0.2, -0.15) is 0 Å². The van der Waals surface area contributed by atoms with Gasteiger partial charge in [0, 0.05) is 10.6 Å². The maximum absolute atomic E-state index is 12.8. The van der Waals surface area contributed by atoms with Crippen LogP contribution in [-0.4, -0.2) is 43.2 Å². The molecule has 0 fully saturated rings. The van der Waals surface area contributed by atoms with Crippen LogP contribution in [0.5, 0.6) is 5.75 Å². The van der Waals surface area contributed by atoms with Crippen molar-refractivity contribution in [2.24, 2.45) is 0 Å². The molecule has 0 aliphatic carbocycles. The predicted octanol–water partition coefficient (Wildman–Crippen LogP) is 3.01. The number of hydrogen-bond acceptors (Lipinski definition) is 6. The fourth-order valence-electron chi connectivity index (χ4n) is 2.44. The van der Waals surface area contributed by atoms with Gasteiger partial charge < -0.3 is 19.5 Å². The molecule has 0 aliphatic heterocycles. The summed E-state index contributed by atoms with van der Waals surface area (Å²) in [5, 5.41) is 3.01. The average molecular weight is 420 g/mol. The van der Waals surface area contributed by atoms with Crippen LogP contribution in [0.15, 0.2) is 54.6 Å². The van der Waals surface area contributed by atoms with Gasteiger partial charge in [0.05, 0.1) is 19.8 Å². The third-order valence-corrected chi connectivity index (χ3v) is 4.10. The molecule has 0 unspecified atom stereocenters. The molecular formula is C21H22ClNO6. The van der Waals surface area contributed by atoms with Crippen LogP contribution in [0.2, 0.25) is 5.02 Å². The van der Waals surface area contributed by atoms with E-state index >= 15 is 0 Å². The second kappa shape index (κ2) is 10.5. The first kappa shape index (κ1) is 22.2. The second-order valence-electron chi connectivity index (χ2n) is 5.87. The Bertz CT molecular complexity index is 820. The Balaban J connectivity index is 2.36. The highest BCUT2D eigenvalue weighted by molar-refractivity contribution is 6.30. The second-order valence-corrected chi connectivity index (χ2v) is 6.31. The maximum Gasteiger partial charge on any atom is 0.364 e. The summed E-state index contributed by atoms with van der Waals surface area (Å²) < 4.78 is 15.9. The van der Waals surface area contributed by atoms with E-state index in [0.29, 0.717) is 10.6 Å². The van der Waals surface area contributed by atoms with Crippen LogP contribution in [0.4, 0.5) is 0 Å². The minimum Gasteiger partial charge on any atom is -0.463 e. The van der Waals surface area contributed by atoms with Crippen molar-refractivity contribution in [2.75, 3.05) is 19.8 Å². The van der Waals surface area contributed by atoms with Crippen molar-refractivity contribution in [3.63, 3.8) is 0 Å². The van der Waals surface area contributed by atoms with Crippen molar-refractivity contribution in [3.8, 4) is 5.75 Å². The number of rotatable bonds is 9. The van der Waals surface area contributed by atoms with Gasteiger partial charge in [-0.1, -0.05) is 29.8 Å². The summed E-state index contributed by atoms with van der Waals surface area (Å²) in [5.41, 5.74) is -1.86. The van der Waals surface area contributed by atoms with Crippen LogP contribution in [-0.2, 0) is 19.1 Å². The van der Waals surface area contributed by atoms with Crippen LogP contribution in [0.1, 0.15) is 24.2 Å². The molecule has 154 valence electrons. The van der Waals surface area contributed by atoms with Crippen molar-refractivity contribution in [2.45, 2.75) is 19.4 Å². The summed E-state index contributed by atoms with van der Waals surface area (Å²) in [6.07, 6.45) is 0. The van der Waals surface area contributed by atoms with Crippen molar-refractivity contribution in [1.29, 1.82) is 0 Å². The Morgan fingerprint density at radius 1 is 0.897 bits per heavy atom. The Hall–Kier alpha value is -3.06. The molecule has 2 aromatic carbocycles. The highest BCUT2D eigenvalue weighted by atomic mass is 35.5. The molecule has 0 atom stereocenters. The van der Waals surface area contributed by atoms with Gasteiger partial charge >= 0.3 is 17.5 Å². The normalized spacial score (nSPS) is 10.7.